The topological polar surface area (TPSA) is 82.4 Å². The average Bonchev–Trinajstić information content (AvgIpc) is 2.15. The molecule has 0 N–H and O–H groups in total. The van der Waals surface area contributed by atoms with Crippen molar-refractivity contribution in [1.82, 2.24) is 5.16 Å². The van der Waals surface area contributed by atoms with Gasteiger partial charge in [-0.05, 0) is 4.90 Å². The van der Waals surface area contributed by atoms with E-state index < -0.39 is 0 Å². The van der Waals surface area contributed by atoms with E-state index >= 15 is 0 Å². The van der Waals surface area contributed by atoms with Crippen molar-refractivity contribution in [3.63, 3.8) is 0 Å². The van der Waals surface area contributed by atoms with E-state index in [1.54, 1.807) is 0 Å². The SMILES string of the molecule is Cc1c(N=O)no[n+]1[O-]. The van der Waals surface area contributed by atoms with Crippen molar-refractivity contribution in [3.8, 4) is 0 Å². The van der Waals surface area contributed by atoms with Crippen molar-refractivity contribution in [1.29, 1.82) is 0 Å². The normalized spacial score (nSPS) is 9.44. The first-order chi connectivity index (χ1) is 4.25. The molecular weight excluding hydrogens is 126 g/mol. The largest absolute Gasteiger partial charge is 0.373 e. The van der Waals surface area contributed by atoms with Crippen LogP contribution in [0.25, 0.3) is 0 Å². The highest BCUT2D eigenvalue weighted by atomic mass is 16.8. The lowest BCUT2D eigenvalue weighted by Crippen LogP contribution is -2.25. The number of rotatable bonds is 1. The molecule has 6 heteroatoms. The molecule has 0 amide bonds. The molecule has 1 aromatic heterocycles. The lowest BCUT2D eigenvalue weighted by Gasteiger charge is -1.81. The number of hydrogen-bond acceptors (Lipinski definition) is 5. The van der Waals surface area contributed by atoms with Gasteiger partial charge in [0, 0.05) is 12.1 Å². The van der Waals surface area contributed by atoms with Crippen LogP contribution in [0.5, 0.6) is 0 Å². The standard InChI is InChI=1S/C3H3N3O3/c1-2-3(4-7)5-9-6(2)8/h1H3. The molecule has 0 unspecified atom stereocenters. The Balaban J connectivity index is 3.18. The van der Waals surface area contributed by atoms with Crippen LogP contribution in [0, 0.1) is 17.0 Å². The predicted octanol–water partition coefficient (Wildman–Crippen LogP) is 0.0143. The predicted molar refractivity (Wildman–Crippen MR) is 25.7 cm³/mol. The van der Waals surface area contributed by atoms with Gasteiger partial charge in [0.25, 0.3) is 0 Å². The highest BCUT2D eigenvalue weighted by Gasteiger charge is 2.12. The zero-order chi connectivity index (χ0) is 6.85. The third-order valence-electron chi connectivity index (χ3n) is 0.885. The molecule has 0 radical (unpaired) electrons. The van der Waals surface area contributed by atoms with Crippen molar-refractivity contribution >= 4 is 5.82 Å². The summed E-state index contributed by atoms with van der Waals surface area (Å²) in [4.78, 5) is 9.84. The van der Waals surface area contributed by atoms with Gasteiger partial charge < -0.3 is 5.21 Å². The highest BCUT2D eigenvalue weighted by Crippen LogP contribution is 2.07. The Hall–Kier alpha value is -1.46. The molecule has 0 saturated heterocycles. The van der Waals surface area contributed by atoms with E-state index in [0.717, 1.165) is 0 Å². The molecule has 0 aromatic carbocycles. The van der Waals surface area contributed by atoms with Gasteiger partial charge in [0.15, 0.2) is 0 Å². The summed E-state index contributed by atoms with van der Waals surface area (Å²) in [5.41, 5.74) is 0.0741. The Morgan fingerprint density at radius 2 is 2.56 bits per heavy atom. The molecular formula is C3H3N3O3. The monoisotopic (exact) mass is 129 g/mol. The second-order valence-electron chi connectivity index (χ2n) is 1.43. The van der Waals surface area contributed by atoms with Crippen molar-refractivity contribution in [3.05, 3.63) is 15.8 Å². The van der Waals surface area contributed by atoms with Crippen molar-refractivity contribution in [2.45, 2.75) is 6.92 Å². The van der Waals surface area contributed by atoms with E-state index in [0.29, 0.717) is 0 Å². The van der Waals surface area contributed by atoms with Crippen molar-refractivity contribution in [2.75, 3.05) is 0 Å². The Labute approximate surface area is 49.6 Å². The van der Waals surface area contributed by atoms with Crippen LogP contribution in [0.1, 0.15) is 5.69 Å². The first-order valence-electron chi connectivity index (χ1n) is 2.15. The van der Waals surface area contributed by atoms with Crippen LogP contribution in [0.2, 0.25) is 0 Å². The van der Waals surface area contributed by atoms with Gasteiger partial charge in [0.05, 0.1) is 5.16 Å². The minimum Gasteiger partial charge on any atom is -0.359 e. The minimum absolute atomic E-state index is 0.0741. The van der Waals surface area contributed by atoms with Crippen LogP contribution < -0.4 is 4.90 Å². The Bertz CT molecular complexity index is 230. The summed E-state index contributed by atoms with van der Waals surface area (Å²) in [5, 5.41) is 15.7. The molecule has 9 heavy (non-hydrogen) atoms. The quantitative estimate of drug-likeness (QED) is 0.395. The van der Waals surface area contributed by atoms with Gasteiger partial charge >= 0.3 is 5.82 Å². The first kappa shape index (κ1) is 5.67. The first-order valence-corrected chi connectivity index (χ1v) is 2.15. The lowest BCUT2D eigenvalue weighted by atomic mass is 10.5. The van der Waals surface area contributed by atoms with E-state index in [1.165, 1.54) is 6.92 Å². The summed E-state index contributed by atoms with van der Waals surface area (Å²) in [6.45, 7) is 1.39. The summed E-state index contributed by atoms with van der Waals surface area (Å²) >= 11 is 0. The minimum atomic E-state index is -0.204. The molecule has 0 aliphatic heterocycles. The molecule has 6 nitrogen and oxygen atoms in total. The van der Waals surface area contributed by atoms with Gasteiger partial charge in [-0.3, -0.25) is 4.63 Å². The van der Waals surface area contributed by atoms with Gasteiger partial charge in [0.2, 0.25) is 5.69 Å². The number of hydrogen-bond donors (Lipinski definition) is 0. The van der Waals surface area contributed by atoms with Gasteiger partial charge in [-0.15, -0.1) is 4.91 Å². The highest BCUT2D eigenvalue weighted by molar-refractivity contribution is 5.25. The molecule has 0 spiro atoms. The molecule has 1 rings (SSSR count). The summed E-state index contributed by atoms with van der Waals surface area (Å²) in [5.74, 6) is -0.204. The zero-order valence-electron chi connectivity index (χ0n) is 4.57. The number of aromatic nitrogens is 2. The van der Waals surface area contributed by atoms with E-state index in [-0.39, 0.29) is 16.4 Å². The zero-order valence-corrected chi connectivity index (χ0v) is 4.57. The molecule has 1 heterocycles. The molecule has 1 aromatic rings. The molecule has 0 bridgehead atoms. The molecule has 0 fully saturated rings. The summed E-state index contributed by atoms with van der Waals surface area (Å²) < 4.78 is 4.00. The van der Waals surface area contributed by atoms with E-state index in [2.05, 4.69) is 15.0 Å². The van der Waals surface area contributed by atoms with Gasteiger partial charge in [-0.25, -0.2) is 0 Å². The smallest absolute Gasteiger partial charge is 0.359 e. The third kappa shape index (κ3) is 0.735. The lowest BCUT2D eigenvalue weighted by molar-refractivity contribution is -0.806. The van der Waals surface area contributed by atoms with Crippen LogP contribution in [-0.4, -0.2) is 5.16 Å². The van der Waals surface area contributed by atoms with Crippen LogP contribution in [0.4, 0.5) is 5.82 Å². The Morgan fingerprint density at radius 3 is 2.78 bits per heavy atom. The molecule has 48 valence electrons. The fraction of sp³-hybridized carbons (Fsp3) is 0.333. The third-order valence-corrected chi connectivity index (χ3v) is 0.885. The second kappa shape index (κ2) is 1.81. The maximum atomic E-state index is 10.3. The average molecular weight is 129 g/mol. The fourth-order valence-corrected chi connectivity index (χ4v) is 0.367. The summed E-state index contributed by atoms with van der Waals surface area (Å²) in [6.07, 6.45) is 0. The van der Waals surface area contributed by atoms with Gasteiger partial charge in [0.1, 0.15) is 0 Å². The maximum absolute atomic E-state index is 10.3. The Morgan fingerprint density at radius 1 is 1.89 bits per heavy atom. The molecule has 0 aliphatic rings. The van der Waals surface area contributed by atoms with Crippen LogP contribution in [0.15, 0.2) is 9.81 Å². The maximum Gasteiger partial charge on any atom is 0.373 e. The van der Waals surface area contributed by atoms with E-state index in [9.17, 15) is 10.1 Å². The molecule has 0 saturated carbocycles. The summed E-state index contributed by atoms with van der Waals surface area (Å²) in [6, 6.07) is 0. The van der Waals surface area contributed by atoms with E-state index in [4.69, 9.17) is 0 Å². The van der Waals surface area contributed by atoms with Crippen molar-refractivity contribution in [2.24, 2.45) is 5.18 Å². The molecule has 0 aliphatic carbocycles. The van der Waals surface area contributed by atoms with Crippen molar-refractivity contribution < 1.29 is 9.53 Å². The summed E-state index contributed by atoms with van der Waals surface area (Å²) in [7, 11) is 0. The fourth-order valence-electron chi connectivity index (χ4n) is 0.367. The Kier molecular flexibility index (Phi) is 1.14. The van der Waals surface area contributed by atoms with Crippen LogP contribution in [-0.2, 0) is 0 Å². The van der Waals surface area contributed by atoms with Crippen LogP contribution >= 0.6 is 0 Å². The molecule has 0 atom stereocenters. The number of nitrogens with zero attached hydrogens (tertiary/aromatic N) is 3. The second-order valence-corrected chi connectivity index (χ2v) is 1.43. The van der Waals surface area contributed by atoms with Gasteiger partial charge in [-0.2, -0.15) is 0 Å². The van der Waals surface area contributed by atoms with E-state index in [1.807, 2.05) is 0 Å². The van der Waals surface area contributed by atoms with Crippen LogP contribution in [0.3, 0.4) is 0 Å². The van der Waals surface area contributed by atoms with Gasteiger partial charge in [-0.1, -0.05) is 0 Å². The number of nitroso groups, excluding NO2 is 1.